The Balaban J connectivity index is 1.71. The van der Waals surface area contributed by atoms with E-state index in [9.17, 15) is 9.50 Å². The van der Waals surface area contributed by atoms with Crippen molar-refractivity contribution < 1.29 is 9.50 Å². The van der Waals surface area contributed by atoms with Crippen molar-refractivity contribution in [2.24, 2.45) is 0 Å². The summed E-state index contributed by atoms with van der Waals surface area (Å²) in [4.78, 5) is 9.97. The molecule has 4 nitrogen and oxygen atoms in total. The molecule has 2 heterocycles. The van der Waals surface area contributed by atoms with Crippen molar-refractivity contribution in [1.29, 1.82) is 0 Å². The van der Waals surface area contributed by atoms with Crippen LogP contribution in [0.2, 0.25) is 0 Å². The molecule has 0 aliphatic rings. The molecule has 4 aromatic carbocycles. The van der Waals surface area contributed by atoms with Crippen LogP contribution in [-0.2, 0) is 16.2 Å². The van der Waals surface area contributed by atoms with Gasteiger partial charge >= 0.3 is 0 Å². The van der Waals surface area contributed by atoms with E-state index in [1.807, 2.05) is 12.3 Å². The van der Waals surface area contributed by atoms with Crippen LogP contribution in [-0.4, -0.2) is 19.6 Å². The van der Waals surface area contributed by atoms with E-state index in [0.29, 0.717) is 11.4 Å². The molecule has 0 saturated heterocycles. The van der Waals surface area contributed by atoms with Crippen molar-refractivity contribution in [1.82, 2.24) is 14.5 Å². The summed E-state index contributed by atoms with van der Waals surface area (Å²) in [5, 5.41) is 11.1. The molecule has 0 amide bonds. The van der Waals surface area contributed by atoms with Gasteiger partial charge in [-0.25, -0.2) is 9.37 Å². The molecule has 0 radical (unpaired) electrons. The summed E-state index contributed by atoms with van der Waals surface area (Å²) < 4.78 is 16.9. The molecular weight excluding hydrogens is 593 g/mol. The first kappa shape index (κ1) is 33.1. The molecule has 0 saturated carbocycles. The number of halogens is 1. The van der Waals surface area contributed by atoms with Crippen molar-refractivity contribution in [2.45, 2.75) is 85.5 Å². The van der Waals surface area contributed by atoms with Crippen molar-refractivity contribution in [3.8, 4) is 45.2 Å². The highest BCUT2D eigenvalue weighted by atomic mass is 19.1. The van der Waals surface area contributed by atoms with Crippen molar-refractivity contribution in [3.05, 3.63) is 119 Å². The highest BCUT2D eigenvalue weighted by Gasteiger charge is 2.26. The molecule has 0 atom stereocenters. The van der Waals surface area contributed by atoms with Gasteiger partial charge in [0.25, 0.3) is 0 Å². The van der Waals surface area contributed by atoms with Gasteiger partial charge in [0, 0.05) is 23.0 Å². The Labute approximate surface area is 284 Å². The minimum Gasteiger partial charge on any atom is -0.507 e. The molecule has 2 aromatic heterocycles. The summed E-state index contributed by atoms with van der Waals surface area (Å²) in [7, 11) is 0. The number of hydrogen-bond donors (Lipinski definition) is 1. The number of aromatic hydroxyl groups is 1. The van der Waals surface area contributed by atoms with Crippen molar-refractivity contribution in [3.63, 3.8) is 0 Å². The first-order valence-electron chi connectivity index (χ1n) is 16.7. The standard InChI is InChI=1S/C43H46FN3O/c1-26-16-17-45-36(18-26)28-19-27(20-29(21-28)41(2,3)4)34-12-11-13-37-39(34)46-40(35-25-32(44)14-15-38(35)48)47(37)33-23-30(42(5,6)7)22-31(24-33)43(8,9)10/h11-25,48H,1-10H3. The van der Waals surface area contributed by atoms with Crippen LogP contribution in [0.3, 0.4) is 0 Å². The summed E-state index contributed by atoms with van der Waals surface area (Å²) in [6, 6.07) is 27.7. The predicted octanol–water partition coefficient (Wildman–Crippen LogP) is 11.5. The van der Waals surface area contributed by atoms with Gasteiger partial charge in [-0.2, -0.15) is 0 Å². The molecule has 0 bridgehead atoms. The van der Waals surface area contributed by atoms with Gasteiger partial charge in [0.05, 0.1) is 22.3 Å². The average Bonchev–Trinajstić information content (AvgIpc) is 3.40. The van der Waals surface area contributed by atoms with Crippen LogP contribution >= 0.6 is 0 Å². The maximum atomic E-state index is 14.8. The number of hydrogen-bond acceptors (Lipinski definition) is 3. The number of rotatable bonds is 4. The number of pyridine rings is 1. The zero-order chi connectivity index (χ0) is 34.8. The van der Waals surface area contributed by atoms with E-state index in [-0.39, 0.29) is 22.0 Å². The maximum absolute atomic E-state index is 14.8. The van der Waals surface area contributed by atoms with Crippen LogP contribution < -0.4 is 0 Å². The molecule has 0 aliphatic carbocycles. The number of imidazole rings is 1. The van der Waals surface area contributed by atoms with Gasteiger partial charge in [-0.1, -0.05) is 86.6 Å². The van der Waals surface area contributed by atoms with E-state index in [1.165, 1.54) is 34.9 Å². The molecule has 0 unspecified atom stereocenters. The monoisotopic (exact) mass is 639 g/mol. The lowest BCUT2D eigenvalue weighted by Gasteiger charge is -2.27. The highest BCUT2D eigenvalue weighted by molar-refractivity contribution is 5.96. The van der Waals surface area contributed by atoms with E-state index in [1.54, 1.807) is 0 Å². The third-order valence-electron chi connectivity index (χ3n) is 9.11. The van der Waals surface area contributed by atoms with Gasteiger partial charge in [0.1, 0.15) is 17.4 Å². The molecule has 0 spiro atoms. The summed E-state index contributed by atoms with van der Waals surface area (Å²) in [6.45, 7) is 22.0. The van der Waals surface area contributed by atoms with Crippen LogP contribution in [0.1, 0.15) is 84.6 Å². The minimum atomic E-state index is -0.436. The number of nitrogens with zero attached hydrogens (tertiary/aromatic N) is 3. The van der Waals surface area contributed by atoms with E-state index in [0.717, 1.165) is 44.7 Å². The van der Waals surface area contributed by atoms with E-state index in [4.69, 9.17) is 9.97 Å². The molecule has 48 heavy (non-hydrogen) atoms. The van der Waals surface area contributed by atoms with Gasteiger partial charge in [0.15, 0.2) is 0 Å². The Kier molecular flexibility index (Phi) is 8.10. The summed E-state index contributed by atoms with van der Waals surface area (Å²) in [6.07, 6.45) is 1.85. The largest absolute Gasteiger partial charge is 0.507 e. The SMILES string of the molecule is Cc1ccnc(-c2cc(-c3cccc4c3nc(-c3cc(F)ccc3O)n4-c3cc(C(C)(C)C)cc(C(C)(C)C)c3)cc(C(C)(C)C)c2)c1. The molecule has 6 rings (SSSR count). The first-order valence-corrected chi connectivity index (χ1v) is 16.7. The number of aryl methyl sites for hydroxylation is 1. The van der Waals surface area contributed by atoms with Crippen LogP contribution in [0, 0.1) is 12.7 Å². The number of phenols is 1. The lowest BCUT2D eigenvalue weighted by atomic mass is 9.80. The second-order valence-corrected chi connectivity index (χ2v) is 16.1. The van der Waals surface area contributed by atoms with Crippen LogP contribution in [0.15, 0.2) is 91.1 Å². The van der Waals surface area contributed by atoms with Crippen LogP contribution in [0.4, 0.5) is 4.39 Å². The van der Waals surface area contributed by atoms with Crippen molar-refractivity contribution >= 4 is 11.0 Å². The fraction of sp³-hybridized carbons (Fsp3) is 0.302. The number of phenolic OH excluding ortho intramolecular Hbond substituents is 1. The zero-order valence-electron chi connectivity index (χ0n) is 29.8. The van der Waals surface area contributed by atoms with E-state index < -0.39 is 5.82 Å². The van der Waals surface area contributed by atoms with Gasteiger partial charge in [0.2, 0.25) is 0 Å². The Morgan fingerprint density at radius 1 is 0.646 bits per heavy atom. The molecule has 5 heteroatoms. The molecule has 246 valence electrons. The molecule has 0 aliphatic heterocycles. The predicted molar refractivity (Wildman–Crippen MR) is 198 cm³/mol. The number of para-hydroxylation sites is 1. The second-order valence-electron chi connectivity index (χ2n) is 16.1. The lowest BCUT2D eigenvalue weighted by molar-refractivity contribution is 0.474. The Morgan fingerprint density at radius 2 is 1.27 bits per heavy atom. The first-order chi connectivity index (χ1) is 22.4. The van der Waals surface area contributed by atoms with Gasteiger partial charge in [-0.05, 0) is 112 Å². The van der Waals surface area contributed by atoms with Gasteiger partial charge in [-0.3, -0.25) is 9.55 Å². The van der Waals surface area contributed by atoms with Gasteiger partial charge in [-0.15, -0.1) is 0 Å². The maximum Gasteiger partial charge on any atom is 0.149 e. The highest BCUT2D eigenvalue weighted by Crippen LogP contribution is 2.41. The molecule has 0 fully saturated rings. The summed E-state index contributed by atoms with van der Waals surface area (Å²) in [5.74, 6) is 0.0154. The minimum absolute atomic E-state index is 0.0277. The number of benzene rings is 4. The van der Waals surface area contributed by atoms with E-state index in [2.05, 4.69) is 134 Å². The Bertz CT molecular complexity index is 2140. The van der Waals surface area contributed by atoms with Gasteiger partial charge < -0.3 is 5.11 Å². The average molecular weight is 640 g/mol. The van der Waals surface area contributed by atoms with Crippen LogP contribution in [0.25, 0.3) is 50.5 Å². The zero-order valence-corrected chi connectivity index (χ0v) is 29.8. The summed E-state index contributed by atoms with van der Waals surface area (Å²) >= 11 is 0. The lowest BCUT2D eigenvalue weighted by Crippen LogP contribution is -2.17. The normalized spacial score (nSPS) is 12.6. The third-order valence-corrected chi connectivity index (χ3v) is 9.11. The smallest absolute Gasteiger partial charge is 0.149 e. The second kappa shape index (κ2) is 11.7. The fourth-order valence-corrected chi connectivity index (χ4v) is 6.13. The third kappa shape index (κ3) is 6.38. The molecule has 1 N–H and O–H groups in total. The fourth-order valence-electron chi connectivity index (χ4n) is 6.13. The molecular formula is C43H46FN3O. The molecule has 6 aromatic rings. The van der Waals surface area contributed by atoms with Crippen LogP contribution in [0.5, 0.6) is 5.75 Å². The topological polar surface area (TPSA) is 50.9 Å². The van der Waals surface area contributed by atoms with E-state index >= 15 is 0 Å². The number of fused-ring (bicyclic) bond motifs is 1. The quantitative estimate of drug-likeness (QED) is 0.209. The Morgan fingerprint density at radius 3 is 1.90 bits per heavy atom. The number of aromatic nitrogens is 3. The summed E-state index contributed by atoms with van der Waals surface area (Å²) in [5.41, 5.74) is 11.2. The van der Waals surface area contributed by atoms with Crippen molar-refractivity contribution in [2.75, 3.05) is 0 Å². The Hall–Kier alpha value is -4.77.